The number of nitrogens with one attached hydrogen (secondary N) is 1. The standard InChI is InChI=1S/C19H23FN4O2/c1-23-18(25)14(17(21)22-19(23)26)6-7-24-9-12-8-15(16(12)10-24)11-2-4-13(20)5-3-11/h2-5,12,15-16H,6-10,21H2,1H3,(H,22,26). The van der Waals surface area contributed by atoms with Crippen molar-refractivity contribution >= 4 is 5.82 Å². The molecule has 0 spiro atoms. The lowest BCUT2D eigenvalue weighted by molar-refractivity contribution is 0.191. The van der Waals surface area contributed by atoms with E-state index >= 15 is 0 Å². The van der Waals surface area contributed by atoms with E-state index in [2.05, 4.69) is 9.88 Å². The Morgan fingerprint density at radius 3 is 2.69 bits per heavy atom. The molecule has 0 amide bonds. The minimum absolute atomic E-state index is 0.171. The van der Waals surface area contributed by atoms with E-state index in [9.17, 15) is 14.0 Å². The quantitative estimate of drug-likeness (QED) is 0.856. The predicted molar refractivity (Wildman–Crippen MR) is 97.6 cm³/mol. The van der Waals surface area contributed by atoms with E-state index in [1.807, 2.05) is 12.1 Å². The molecule has 3 atom stereocenters. The van der Waals surface area contributed by atoms with Gasteiger partial charge in [0.15, 0.2) is 0 Å². The second-order valence-electron chi connectivity index (χ2n) is 7.51. The number of hydrogen-bond acceptors (Lipinski definition) is 4. The first-order valence-corrected chi connectivity index (χ1v) is 8.99. The van der Waals surface area contributed by atoms with Crippen molar-refractivity contribution in [3.63, 3.8) is 0 Å². The maximum atomic E-state index is 13.1. The van der Waals surface area contributed by atoms with E-state index in [-0.39, 0.29) is 17.2 Å². The van der Waals surface area contributed by atoms with Gasteiger partial charge in [0.25, 0.3) is 5.56 Å². The molecule has 1 aliphatic heterocycles. The molecule has 1 saturated carbocycles. The number of H-pyrrole nitrogens is 1. The molecule has 2 heterocycles. The Hall–Kier alpha value is -2.41. The number of aromatic nitrogens is 2. The molecule has 4 rings (SSSR count). The first kappa shape index (κ1) is 17.0. The van der Waals surface area contributed by atoms with Crippen LogP contribution >= 0.6 is 0 Å². The molecule has 0 bridgehead atoms. The second-order valence-corrected chi connectivity index (χ2v) is 7.51. The maximum absolute atomic E-state index is 13.1. The van der Waals surface area contributed by atoms with Crippen molar-refractivity contribution in [3.8, 4) is 0 Å². The Labute approximate surface area is 150 Å². The van der Waals surface area contributed by atoms with Gasteiger partial charge in [0, 0.05) is 26.7 Å². The number of nitrogens with two attached hydrogens (primary N) is 1. The number of hydrogen-bond donors (Lipinski definition) is 2. The summed E-state index contributed by atoms with van der Waals surface area (Å²) in [7, 11) is 1.45. The monoisotopic (exact) mass is 358 g/mol. The third-order valence-electron chi connectivity index (χ3n) is 6.05. The van der Waals surface area contributed by atoms with Gasteiger partial charge in [-0.2, -0.15) is 0 Å². The Morgan fingerprint density at radius 1 is 1.23 bits per heavy atom. The zero-order chi connectivity index (χ0) is 18.4. The number of benzene rings is 1. The largest absolute Gasteiger partial charge is 0.385 e. The third-order valence-corrected chi connectivity index (χ3v) is 6.05. The van der Waals surface area contributed by atoms with Gasteiger partial charge < -0.3 is 10.6 Å². The summed E-state index contributed by atoms with van der Waals surface area (Å²) in [5.74, 6) is 1.73. The number of anilines is 1. The summed E-state index contributed by atoms with van der Waals surface area (Å²) in [6, 6.07) is 6.85. The van der Waals surface area contributed by atoms with Gasteiger partial charge in [-0.15, -0.1) is 0 Å². The highest BCUT2D eigenvalue weighted by atomic mass is 19.1. The highest BCUT2D eigenvalue weighted by Gasteiger charge is 2.47. The molecular formula is C19H23FN4O2. The molecule has 2 fully saturated rings. The molecule has 6 nitrogen and oxygen atoms in total. The van der Waals surface area contributed by atoms with Crippen LogP contribution in [0.1, 0.15) is 23.5 Å². The predicted octanol–water partition coefficient (Wildman–Crippen LogP) is 1.07. The zero-order valence-electron chi connectivity index (χ0n) is 14.7. The molecule has 2 aromatic rings. The summed E-state index contributed by atoms with van der Waals surface area (Å²) < 4.78 is 14.2. The van der Waals surface area contributed by atoms with Crippen molar-refractivity contribution in [3.05, 3.63) is 62.0 Å². The van der Waals surface area contributed by atoms with Crippen LogP contribution < -0.4 is 17.0 Å². The summed E-state index contributed by atoms with van der Waals surface area (Å²) in [6.45, 7) is 2.75. The fraction of sp³-hybridized carbons (Fsp3) is 0.474. The first-order chi connectivity index (χ1) is 12.4. The van der Waals surface area contributed by atoms with Crippen molar-refractivity contribution in [2.24, 2.45) is 18.9 Å². The van der Waals surface area contributed by atoms with Gasteiger partial charge in [0.1, 0.15) is 11.6 Å². The Morgan fingerprint density at radius 2 is 1.96 bits per heavy atom. The van der Waals surface area contributed by atoms with Crippen LogP contribution in [0.4, 0.5) is 10.2 Å². The first-order valence-electron chi connectivity index (χ1n) is 8.99. The molecule has 1 aromatic heterocycles. The lowest BCUT2D eigenvalue weighted by atomic mass is 9.64. The Balaban J connectivity index is 1.40. The minimum atomic E-state index is -0.488. The number of nitrogens with zero attached hydrogens (tertiary/aromatic N) is 2. The highest BCUT2D eigenvalue weighted by Crippen LogP contribution is 2.51. The normalized spacial score (nSPS) is 25.1. The molecule has 0 radical (unpaired) electrons. The van der Waals surface area contributed by atoms with Crippen LogP contribution in [0.15, 0.2) is 33.9 Å². The van der Waals surface area contributed by atoms with Gasteiger partial charge in [-0.3, -0.25) is 14.3 Å². The number of halogens is 1. The average molecular weight is 358 g/mol. The molecule has 1 aromatic carbocycles. The molecule has 138 valence electrons. The van der Waals surface area contributed by atoms with E-state index in [1.54, 1.807) is 0 Å². The molecular weight excluding hydrogens is 335 g/mol. The molecule has 26 heavy (non-hydrogen) atoms. The Bertz CT molecular complexity index is 934. The summed E-state index contributed by atoms with van der Waals surface area (Å²) >= 11 is 0. The van der Waals surface area contributed by atoms with Crippen LogP contribution in [0.2, 0.25) is 0 Å². The van der Waals surface area contributed by atoms with Crippen LogP contribution in [0.3, 0.4) is 0 Å². The molecule has 1 aliphatic carbocycles. The lowest BCUT2D eigenvalue weighted by Crippen LogP contribution is -2.37. The molecule has 1 saturated heterocycles. The minimum Gasteiger partial charge on any atom is -0.385 e. The van der Waals surface area contributed by atoms with Gasteiger partial charge in [-0.1, -0.05) is 12.1 Å². The number of nitrogen functional groups attached to an aromatic ring is 1. The van der Waals surface area contributed by atoms with Crippen LogP contribution in [0.25, 0.3) is 0 Å². The van der Waals surface area contributed by atoms with Gasteiger partial charge in [0.05, 0.1) is 5.56 Å². The molecule has 3 N–H and O–H groups in total. The van der Waals surface area contributed by atoms with E-state index in [0.717, 1.165) is 30.6 Å². The van der Waals surface area contributed by atoms with E-state index in [4.69, 9.17) is 5.73 Å². The molecule has 7 heteroatoms. The maximum Gasteiger partial charge on any atom is 0.329 e. The molecule has 2 aliphatic rings. The molecule has 3 unspecified atom stereocenters. The number of fused-ring (bicyclic) bond motifs is 1. The van der Waals surface area contributed by atoms with Crippen LogP contribution in [-0.4, -0.2) is 34.1 Å². The van der Waals surface area contributed by atoms with Gasteiger partial charge in [-0.25, -0.2) is 9.18 Å². The SMILES string of the molecule is Cn1c(=O)[nH]c(N)c(CCN2CC3CC(c4ccc(F)cc4)C3C2)c1=O. The van der Waals surface area contributed by atoms with Crippen molar-refractivity contribution in [1.82, 2.24) is 14.5 Å². The highest BCUT2D eigenvalue weighted by molar-refractivity contribution is 5.37. The van der Waals surface area contributed by atoms with Crippen molar-refractivity contribution in [1.29, 1.82) is 0 Å². The fourth-order valence-corrected chi connectivity index (χ4v) is 4.47. The number of aromatic amines is 1. The summed E-state index contributed by atoms with van der Waals surface area (Å²) in [6.07, 6.45) is 1.66. The summed E-state index contributed by atoms with van der Waals surface area (Å²) in [5.41, 5.74) is 6.71. The average Bonchev–Trinajstić information content (AvgIpc) is 2.91. The summed E-state index contributed by atoms with van der Waals surface area (Å²) in [5, 5.41) is 0. The van der Waals surface area contributed by atoms with Crippen molar-refractivity contribution in [2.45, 2.75) is 18.8 Å². The van der Waals surface area contributed by atoms with Crippen LogP contribution in [0, 0.1) is 17.7 Å². The van der Waals surface area contributed by atoms with E-state index in [1.165, 1.54) is 24.7 Å². The second kappa shape index (κ2) is 6.39. The lowest BCUT2D eigenvalue weighted by Gasteiger charge is -2.40. The number of likely N-dealkylation sites (tertiary alicyclic amines) is 1. The van der Waals surface area contributed by atoms with Crippen molar-refractivity contribution in [2.75, 3.05) is 25.4 Å². The fourth-order valence-electron chi connectivity index (χ4n) is 4.47. The van der Waals surface area contributed by atoms with E-state index < -0.39 is 5.69 Å². The van der Waals surface area contributed by atoms with Gasteiger partial charge >= 0.3 is 5.69 Å². The summed E-state index contributed by atoms with van der Waals surface area (Å²) in [4.78, 5) is 28.7. The van der Waals surface area contributed by atoms with Crippen LogP contribution in [-0.2, 0) is 13.5 Å². The smallest absolute Gasteiger partial charge is 0.329 e. The Kier molecular flexibility index (Phi) is 4.19. The third kappa shape index (κ3) is 2.86. The zero-order valence-corrected chi connectivity index (χ0v) is 14.7. The topological polar surface area (TPSA) is 84.1 Å². The van der Waals surface area contributed by atoms with Gasteiger partial charge in [0.2, 0.25) is 0 Å². The van der Waals surface area contributed by atoms with Crippen LogP contribution in [0.5, 0.6) is 0 Å². The van der Waals surface area contributed by atoms with Crippen molar-refractivity contribution < 1.29 is 4.39 Å². The number of rotatable bonds is 4. The van der Waals surface area contributed by atoms with Gasteiger partial charge in [-0.05, 0) is 48.3 Å². The van der Waals surface area contributed by atoms with E-state index in [0.29, 0.717) is 29.7 Å².